The Morgan fingerprint density at radius 1 is 1.50 bits per heavy atom. The molecule has 1 aromatic rings. The molecule has 0 amide bonds. The van der Waals surface area contributed by atoms with Crippen LogP contribution in [0, 0.1) is 5.82 Å². The molecule has 0 aliphatic carbocycles. The summed E-state index contributed by atoms with van der Waals surface area (Å²) in [5.41, 5.74) is 0.728. The lowest BCUT2D eigenvalue weighted by atomic mass is 10.1. The molecule has 1 aromatic carbocycles. The maximum atomic E-state index is 13.2. The lowest BCUT2D eigenvalue weighted by Gasteiger charge is -2.32. The van der Waals surface area contributed by atoms with Gasteiger partial charge in [0.15, 0.2) is 0 Å². The second-order valence-electron chi connectivity index (χ2n) is 5.20. The number of benzene rings is 1. The third kappa shape index (κ3) is 4.70. The van der Waals surface area contributed by atoms with E-state index < -0.39 is 10.0 Å². The predicted molar refractivity (Wildman–Crippen MR) is 77.7 cm³/mol. The van der Waals surface area contributed by atoms with Crippen LogP contribution in [-0.2, 0) is 16.6 Å². The summed E-state index contributed by atoms with van der Waals surface area (Å²) in [6, 6.07) is 4.21. The van der Waals surface area contributed by atoms with Gasteiger partial charge in [-0.15, -0.1) is 0 Å². The highest BCUT2D eigenvalue weighted by Gasteiger charge is 2.22. The standard InChI is InChI=1S/C13H18ClFN2O2S/c1-20(18,19)16-12-3-2-6-17(9-12)8-10-7-11(15)4-5-13(10)14/h4-5,7,12,16H,2-3,6,8-9H2,1H3/t12-/m0/s1. The van der Waals surface area contributed by atoms with Crippen molar-refractivity contribution in [3.63, 3.8) is 0 Å². The molecule has 0 saturated carbocycles. The summed E-state index contributed by atoms with van der Waals surface area (Å²) in [5.74, 6) is -0.313. The average Bonchev–Trinajstić information content (AvgIpc) is 2.32. The monoisotopic (exact) mass is 320 g/mol. The maximum Gasteiger partial charge on any atom is 0.208 e. The Balaban J connectivity index is 2.01. The van der Waals surface area contributed by atoms with Crippen LogP contribution in [0.25, 0.3) is 0 Å². The van der Waals surface area contributed by atoms with E-state index in [-0.39, 0.29) is 11.9 Å². The van der Waals surface area contributed by atoms with Crippen molar-refractivity contribution in [2.75, 3.05) is 19.3 Å². The van der Waals surface area contributed by atoms with Crippen LogP contribution >= 0.6 is 11.6 Å². The first-order valence-corrected chi connectivity index (χ1v) is 8.74. The fourth-order valence-corrected chi connectivity index (χ4v) is 3.48. The van der Waals surface area contributed by atoms with Gasteiger partial charge in [0.25, 0.3) is 0 Å². The highest BCUT2D eigenvalue weighted by atomic mass is 35.5. The molecule has 1 aliphatic rings. The SMILES string of the molecule is CS(=O)(=O)N[C@H]1CCCN(Cc2cc(F)ccc2Cl)C1. The number of sulfonamides is 1. The highest BCUT2D eigenvalue weighted by Crippen LogP contribution is 2.21. The van der Waals surface area contributed by atoms with Gasteiger partial charge in [0.2, 0.25) is 10.0 Å². The van der Waals surface area contributed by atoms with Crippen molar-refractivity contribution < 1.29 is 12.8 Å². The number of halogens is 2. The van der Waals surface area contributed by atoms with Crippen LogP contribution in [0.1, 0.15) is 18.4 Å². The van der Waals surface area contributed by atoms with Gasteiger partial charge in [-0.05, 0) is 43.1 Å². The highest BCUT2D eigenvalue weighted by molar-refractivity contribution is 7.88. The summed E-state index contributed by atoms with van der Waals surface area (Å²) >= 11 is 6.05. The van der Waals surface area contributed by atoms with Gasteiger partial charge in [-0.25, -0.2) is 17.5 Å². The molecule has 1 fully saturated rings. The second kappa shape index (κ2) is 6.39. The molecule has 1 atom stereocenters. The fourth-order valence-electron chi connectivity index (χ4n) is 2.50. The van der Waals surface area contributed by atoms with E-state index in [1.54, 1.807) is 6.07 Å². The minimum absolute atomic E-state index is 0.0916. The summed E-state index contributed by atoms with van der Waals surface area (Å²) in [7, 11) is -3.20. The quantitative estimate of drug-likeness (QED) is 0.923. The van der Waals surface area contributed by atoms with Gasteiger partial charge in [-0.3, -0.25) is 4.90 Å². The average molecular weight is 321 g/mol. The Labute approximate surface area is 124 Å². The summed E-state index contributed by atoms with van der Waals surface area (Å²) in [6.07, 6.45) is 2.88. The van der Waals surface area contributed by atoms with Crippen molar-refractivity contribution in [1.29, 1.82) is 0 Å². The van der Waals surface area contributed by atoms with Crippen LogP contribution in [0.3, 0.4) is 0 Å². The van der Waals surface area contributed by atoms with E-state index in [2.05, 4.69) is 9.62 Å². The number of hydrogen-bond donors (Lipinski definition) is 1. The van der Waals surface area contributed by atoms with Crippen LogP contribution < -0.4 is 4.72 Å². The molecule has 0 spiro atoms. The van der Waals surface area contributed by atoms with E-state index in [4.69, 9.17) is 11.6 Å². The van der Waals surface area contributed by atoms with Gasteiger partial charge >= 0.3 is 0 Å². The van der Waals surface area contributed by atoms with Crippen molar-refractivity contribution >= 4 is 21.6 Å². The van der Waals surface area contributed by atoms with Crippen molar-refractivity contribution in [3.8, 4) is 0 Å². The Bertz CT molecular complexity index is 580. The zero-order chi connectivity index (χ0) is 14.8. The van der Waals surface area contributed by atoms with E-state index >= 15 is 0 Å². The number of nitrogens with zero attached hydrogens (tertiary/aromatic N) is 1. The molecule has 1 N–H and O–H groups in total. The number of piperidine rings is 1. The normalized spacial score (nSPS) is 21.1. The van der Waals surface area contributed by atoms with Crippen molar-refractivity contribution in [3.05, 3.63) is 34.6 Å². The minimum Gasteiger partial charge on any atom is -0.297 e. The molecule has 0 radical (unpaired) electrons. The topological polar surface area (TPSA) is 49.4 Å². The second-order valence-corrected chi connectivity index (χ2v) is 7.39. The summed E-state index contributed by atoms with van der Waals surface area (Å²) in [6.45, 7) is 1.99. The van der Waals surface area contributed by atoms with Crippen LogP contribution in [0.5, 0.6) is 0 Å². The molecule has 2 rings (SSSR count). The van der Waals surface area contributed by atoms with Gasteiger partial charge in [0, 0.05) is 24.2 Å². The van der Waals surface area contributed by atoms with E-state index in [0.29, 0.717) is 18.1 Å². The third-order valence-corrected chi connectivity index (χ3v) is 4.42. The zero-order valence-electron chi connectivity index (χ0n) is 11.3. The lowest BCUT2D eigenvalue weighted by molar-refractivity contribution is 0.194. The zero-order valence-corrected chi connectivity index (χ0v) is 12.8. The van der Waals surface area contributed by atoms with E-state index in [0.717, 1.165) is 31.2 Å². The first-order valence-electron chi connectivity index (χ1n) is 6.47. The number of hydrogen-bond acceptors (Lipinski definition) is 3. The lowest BCUT2D eigenvalue weighted by Crippen LogP contribution is -2.47. The smallest absolute Gasteiger partial charge is 0.208 e. The summed E-state index contributed by atoms with van der Waals surface area (Å²) in [4.78, 5) is 2.09. The molecular weight excluding hydrogens is 303 g/mol. The molecule has 7 heteroatoms. The van der Waals surface area contributed by atoms with E-state index in [1.165, 1.54) is 12.1 Å². The molecule has 1 heterocycles. The molecule has 1 saturated heterocycles. The Morgan fingerprint density at radius 3 is 2.95 bits per heavy atom. The molecule has 112 valence electrons. The molecule has 0 unspecified atom stereocenters. The van der Waals surface area contributed by atoms with Crippen molar-refractivity contribution in [2.24, 2.45) is 0 Å². The molecule has 4 nitrogen and oxygen atoms in total. The fraction of sp³-hybridized carbons (Fsp3) is 0.538. The van der Waals surface area contributed by atoms with Gasteiger partial charge in [-0.1, -0.05) is 11.6 Å². The molecule has 0 bridgehead atoms. The van der Waals surface area contributed by atoms with Crippen LogP contribution in [0.15, 0.2) is 18.2 Å². The number of rotatable bonds is 4. The maximum absolute atomic E-state index is 13.2. The minimum atomic E-state index is -3.20. The molecule has 1 aliphatic heterocycles. The van der Waals surface area contributed by atoms with E-state index in [9.17, 15) is 12.8 Å². The van der Waals surface area contributed by atoms with Crippen LogP contribution in [0.2, 0.25) is 5.02 Å². The van der Waals surface area contributed by atoms with Crippen LogP contribution in [-0.4, -0.2) is 38.7 Å². The molecule has 20 heavy (non-hydrogen) atoms. The number of nitrogens with one attached hydrogen (secondary N) is 1. The van der Waals surface area contributed by atoms with Gasteiger partial charge < -0.3 is 0 Å². The summed E-state index contributed by atoms with van der Waals surface area (Å²) < 4.78 is 38.4. The first kappa shape index (κ1) is 15.7. The predicted octanol–water partition coefficient (Wildman–Crippen LogP) is 1.99. The first-order chi connectivity index (χ1) is 9.33. The van der Waals surface area contributed by atoms with Gasteiger partial charge in [0.05, 0.1) is 6.26 Å². The molecule has 0 aromatic heterocycles. The van der Waals surface area contributed by atoms with Crippen LogP contribution in [0.4, 0.5) is 4.39 Å². The van der Waals surface area contributed by atoms with Gasteiger partial charge in [0.1, 0.15) is 5.82 Å². The Kier molecular flexibility index (Phi) is 5.01. The van der Waals surface area contributed by atoms with E-state index in [1.807, 2.05) is 0 Å². The van der Waals surface area contributed by atoms with Crippen molar-refractivity contribution in [1.82, 2.24) is 9.62 Å². The Morgan fingerprint density at radius 2 is 2.25 bits per heavy atom. The summed E-state index contributed by atoms with van der Waals surface area (Å²) in [5, 5.41) is 0.532. The van der Waals surface area contributed by atoms with Crippen molar-refractivity contribution in [2.45, 2.75) is 25.4 Å². The number of likely N-dealkylation sites (tertiary alicyclic amines) is 1. The molecular formula is C13H18ClFN2O2S. The third-order valence-electron chi connectivity index (χ3n) is 3.29. The Hall–Kier alpha value is -0.690. The van der Waals surface area contributed by atoms with Gasteiger partial charge in [-0.2, -0.15) is 0 Å². The largest absolute Gasteiger partial charge is 0.297 e.